The molecule has 1 aromatic carbocycles. The third kappa shape index (κ3) is 7.01. The number of esters is 4. The molecule has 0 amide bonds. The van der Waals surface area contributed by atoms with Crippen molar-refractivity contribution >= 4 is 36.1 Å². The van der Waals surface area contributed by atoms with Crippen molar-refractivity contribution in [1.29, 1.82) is 0 Å². The molecule has 0 aliphatic heterocycles. The minimum atomic E-state index is -1.35. The van der Waals surface area contributed by atoms with Gasteiger partial charge in [-0.05, 0) is 24.4 Å². The second-order valence-electron chi connectivity index (χ2n) is 7.17. The molecule has 0 saturated heterocycles. The number of imidazole rings is 1. The average molecular weight is 479 g/mol. The third-order valence-electron chi connectivity index (χ3n) is 4.41. The summed E-state index contributed by atoms with van der Waals surface area (Å²) in [4.78, 5) is 47.2. The standard InChI is InChI=1S/C22H26N2O8S/c1-13(25)29-12-19(30-14(2)26)21(32-16(4)28)20(31-15(3)27)18-11-23(5)22(33)24(18)17-9-7-6-8-10-17/h6-11,19-21H,12H2,1-5H3. The summed E-state index contributed by atoms with van der Waals surface area (Å²) in [6.45, 7) is 4.25. The van der Waals surface area contributed by atoms with Crippen LogP contribution < -0.4 is 0 Å². The lowest BCUT2D eigenvalue weighted by Crippen LogP contribution is -2.44. The fraction of sp³-hybridized carbons (Fsp3) is 0.409. The summed E-state index contributed by atoms with van der Waals surface area (Å²) in [5.74, 6) is -2.75. The maximum Gasteiger partial charge on any atom is 0.303 e. The van der Waals surface area contributed by atoms with Gasteiger partial charge in [0.2, 0.25) is 0 Å². The van der Waals surface area contributed by atoms with Crippen LogP contribution in [0, 0.1) is 4.77 Å². The van der Waals surface area contributed by atoms with Crippen molar-refractivity contribution in [3.8, 4) is 5.69 Å². The highest BCUT2D eigenvalue weighted by atomic mass is 32.1. The fourth-order valence-electron chi connectivity index (χ4n) is 3.22. The molecule has 3 atom stereocenters. The van der Waals surface area contributed by atoms with Crippen LogP contribution in [-0.2, 0) is 45.2 Å². The number of carbonyl (C=O) groups excluding carboxylic acids is 4. The van der Waals surface area contributed by atoms with Gasteiger partial charge >= 0.3 is 23.9 Å². The van der Waals surface area contributed by atoms with Crippen LogP contribution in [0.1, 0.15) is 39.5 Å². The normalized spacial score (nSPS) is 13.4. The Kier molecular flexibility index (Phi) is 8.92. The number of aromatic nitrogens is 2. The Labute approximate surface area is 196 Å². The highest BCUT2D eigenvalue weighted by Crippen LogP contribution is 2.31. The monoisotopic (exact) mass is 478 g/mol. The summed E-state index contributed by atoms with van der Waals surface area (Å²) in [7, 11) is 1.71. The Bertz CT molecular complexity index is 1080. The molecule has 0 spiro atoms. The largest absolute Gasteiger partial charge is 0.462 e. The molecule has 0 aliphatic rings. The molecule has 0 N–H and O–H groups in total. The van der Waals surface area contributed by atoms with E-state index in [1.165, 1.54) is 13.8 Å². The zero-order valence-corrected chi connectivity index (χ0v) is 19.8. The first-order valence-corrected chi connectivity index (χ1v) is 10.4. The van der Waals surface area contributed by atoms with Crippen molar-refractivity contribution in [2.24, 2.45) is 7.05 Å². The summed E-state index contributed by atoms with van der Waals surface area (Å²) >= 11 is 5.55. The van der Waals surface area contributed by atoms with E-state index in [1.807, 2.05) is 6.07 Å². The summed E-state index contributed by atoms with van der Waals surface area (Å²) in [6.07, 6.45) is -2.25. The number of aryl methyl sites for hydroxylation is 1. The van der Waals surface area contributed by atoms with Gasteiger partial charge in [0.15, 0.2) is 23.1 Å². The van der Waals surface area contributed by atoms with E-state index in [9.17, 15) is 19.2 Å². The Morgan fingerprint density at radius 3 is 1.97 bits per heavy atom. The number of nitrogens with zero attached hydrogens (tertiary/aromatic N) is 2. The van der Waals surface area contributed by atoms with Crippen LogP contribution in [0.2, 0.25) is 0 Å². The van der Waals surface area contributed by atoms with Crippen molar-refractivity contribution in [1.82, 2.24) is 9.13 Å². The lowest BCUT2D eigenvalue weighted by atomic mass is 10.0. The molecule has 10 nitrogen and oxygen atoms in total. The summed E-state index contributed by atoms with van der Waals surface area (Å²) in [5, 5.41) is 0. The van der Waals surface area contributed by atoms with Crippen LogP contribution in [0.3, 0.4) is 0 Å². The minimum Gasteiger partial charge on any atom is -0.462 e. The first kappa shape index (κ1) is 25.8. The second kappa shape index (κ2) is 11.4. The van der Waals surface area contributed by atoms with Crippen LogP contribution in [0.5, 0.6) is 0 Å². The van der Waals surface area contributed by atoms with E-state index in [0.29, 0.717) is 16.2 Å². The van der Waals surface area contributed by atoms with Gasteiger partial charge in [-0.25, -0.2) is 0 Å². The SMILES string of the molecule is CC(=O)OCC(OC(C)=O)C(OC(C)=O)C(OC(C)=O)c1cn(C)c(=S)n1-c1ccccc1. The highest BCUT2D eigenvalue weighted by Gasteiger charge is 2.41. The number of para-hydroxylation sites is 1. The van der Waals surface area contributed by atoms with Crippen molar-refractivity contribution in [3.63, 3.8) is 0 Å². The van der Waals surface area contributed by atoms with Crippen LogP contribution in [-0.4, -0.2) is 51.8 Å². The minimum absolute atomic E-state index is 0.357. The van der Waals surface area contributed by atoms with Crippen LogP contribution in [0.15, 0.2) is 36.5 Å². The first-order valence-electron chi connectivity index (χ1n) is 10.00. The van der Waals surface area contributed by atoms with Crippen LogP contribution in [0.4, 0.5) is 0 Å². The molecule has 1 aromatic heterocycles. The lowest BCUT2D eigenvalue weighted by molar-refractivity contribution is -0.190. The molecular weight excluding hydrogens is 452 g/mol. The Balaban J connectivity index is 2.70. The first-order chi connectivity index (χ1) is 15.5. The van der Waals surface area contributed by atoms with Crippen molar-refractivity contribution in [3.05, 3.63) is 47.0 Å². The van der Waals surface area contributed by atoms with E-state index in [2.05, 4.69) is 0 Å². The molecule has 3 unspecified atom stereocenters. The predicted molar refractivity (Wildman–Crippen MR) is 118 cm³/mol. The van der Waals surface area contributed by atoms with Gasteiger partial charge in [-0.3, -0.25) is 23.7 Å². The molecule has 0 saturated carbocycles. The lowest BCUT2D eigenvalue weighted by Gasteiger charge is -2.32. The Hall–Kier alpha value is -3.47. The van der Waals surface area contributed by atoms with Crippen LogP contribution >= 0.6 is 12.2 Å². The number of benzene rings is 1. The smallest absolute Gasteiger partial charge is 0.303 e. The molecule has 0 bridgehead atoms. The van der Waals surface area contributed by atoms with Gasteiger partial charge in [0, 0.05) is 46.6 Å². The molecule has 0 radical (unpaired) electrons. The maximum atomic E-state index is 12.1. The topological polar surface area (TPSA) is 115 Å². The van der Waals surface area contributed by atoms with Gasteiger partial charge in [-0.15, -0.1) is 0 Å². The zero-order chi connectivity index (χ0) is 24.7. The number of carbonyl (C=O) groups is 4. The average Bonchev–Trinajstić information content (AvgIpc) is 3.02. The van der Waals surface area contributed by atoms with Crippen molar-refractivity contribution in [2.75, 3.05) is 6.61 Å². The molecule has 33 heavy (non-hydrogen) atoms. The number of ether oxygens (including phenoxy) is 4. The highest BCUT2D eigenvalue weighted by molar-refractivity contribution is 7.71. The molecule has 2 rings (SSSR count). The van der Waals surface area contributed by atoms with Gasteiger partial charge in [0.25, 0.3) is 0 Å². The van der Waals surface area contributed by atoms with E-state index in [4.69, 9.17) is 31.2 Å². The molecule has 0 aliphatic carbocycles. The predicted octanol–water partition coefficient (Wildman–Crippen LogP) is 2.58. The molecule has 178 valence electrons. The number of rotatable bonds is 9. The molecule has 0 fully saturated rings. The third-order valence-corrected chi connectivity index (χ3v) is 4.88. The van der Waals surface area contributed by atoms with E-state index in [0.717, 1.165) is 13.8 Å². The van der Waals surface area contributed by atoms with Gasteiger partial charge in [-0.2, -0.15) is 0 Å². The molecule has 11 heteroatoms. The second-order valence-corrected chi connectivity index (χ2v) is 7.54. The van der Waals surface area contributed by atoms with E-state index in [-0.39, 0.29) is 0 Å². The van der Waals surface area contributed by atoms with Gasteiger partial charge < -0.3 is 23.5 Å². The number of hydrogen-bond donors (Lipinski definition) is 0. The van der Waals surface area contributed by atoms with Crippen LogP contribution in [0.25, 0.3) is 5.69 Å². The zero-order valence-electron chi connectivity index (χ0n) is 19.0. The molecule has 1 heterocycles. The maximum absolute atomic E-state index is 12.1. The Morgan fingerprint density at radius 1 is 0.879 bits per heavy atom. The quantitative estimate of drug-likeness (QED) is 0.305. The van der Waals surface area contributed by atoms with Gasteiger partial charge in [0.05, 0.1) is 5.69 Å². The Morgan fingerprint density at radius 2 is 1.45 bits per heavy atom. The van der Waals surface area contributed by atoms with Crippen molar-refractivity contribution < 1.29 is 38.1 Å². The molecule has 2 aromatic rings. The van der Waals surface area contributed by atoms with Gasteiger partial charge in [0.1, 0.15) is 6.61 Å². The molecular formula is C22H26N2O8S. The summed E-state index contributed by atoms with van der Waals surface area (Å²) in [6, 6.07) is 9.04. The van der Waals surface area contributed by atoms with E-state index >= 15 is 0 Å². The van der Waals surface area contributed by atoms with E-state index < -0.39 is 48.8 Å². The summed E-state index contributed by atoms with van der Waals surface area (Å²) < 4.78 is 25.0. The summed E-state index contributed by atoms with van der Waals surface area (Å²) in [5.41, 5.74) is 1.02. The van der Waals surface area contributed by atoms with Gasteiger partial charge in [-0.1, -0.05) is 18.2 Å². The van der Waals surface area contributed by atoms with Crippen molar-refractivity contribution in [2.45, 2.75) is 46.0 Å². The number of hydrogen-bond acceptors (Lipinski definition) is 9. The van der Waals surface area contributed by atoms with E-state index in [1.54, 1.807) is 46.6 Å². The fourth-order valence-corrected chi connectivity index (χ4v) is 3.49.